The maximum Gasteiger partial charge on any atom is 0.132 e. The molecule has 1 aromatic carbocycles. The van der Waals surface area contributed by atoms with Crippen LogP contribution in [0.25, 0.3) is 5.69 Å². The molecule has 3 heterocycles. The molecule has 0 spiro atoms. The first-order valence-corrected chi connectivity index (χ1v) is 8.47. The highest BCUT2D eigenvalue weighted by Gasteiger charge is 2.27. The first kappa shape index (κ1) is 14.7. The van der Waals surface area contributed by atoms with Gasteiger partial charge in [-0.05, 0) is 25.5 Å². The van der Waals surface area contributed by atoms with Crippen LogP contribution in [0.5, 0.6) is 0 Å². The van der Waals surface area contributed by atoms with Crippen molar-refractivity contribution in [2.75, 3.05) is 37.6 Å². The van der Waals surface area contributed by atoms with Crippen LogP contribution in [0.4, 0.5) is 5.82 Å². The van der Waals surface area contributed by atoms with E-state index in [1.165, 1.54) is 12.2 Å². The van der Waals surface area contributed by atoms with E-state index in [0.717, 1.165) is 44.1 Å². The predicted molar refractivity (Wildman–Crippen MR) is 92.8 cm³/mol. The lowest BCUT2D eigenvalue weighted by Gasteiger charge is -2.38. The maximum absolute atomic E-state index is 4.70. The van der Waals surface area contributed by atoms with Gasteiger partial charge in [0.05, 0.1) is 11.4 Å². The van der Waals surface area contributed by atoms with Crippen LogP contribution in [-0.2, 0) is 0 Å². The van der Waals surface area contributed by atoms with Gasteiger partial charge in [-0.1, -0.05) is 18.2 Å². The predicted octanol–water partition coefficient (Wildman–Crippen LogP) is 1.83. The van der Waals surface area contributed by atoms with Crippen molar-refractivity contribution in [3.63, 3.8) is 0 Å². The minimum atomic E-state index is 0.679. The number of piperazine rings is 1. The van der Waals surface area contributed by atoms with Gasteiger partial charge < -0.3 is 10.2 Å². The Morgan fingerprint density at radius 1 is 1.09 bits per heavy atom. The van der Waals surface area contributed by atoms with Crippen LogP contribution in [0.1, 0.15) is 12.1 Å². The lowest BCUT2D eigenvalue weighted by atomic mass is 10.2. The number of hydrogen-bond donors (Lipinski definition) is 1. The molecule has 4 rings (SSSR count). The van der Waals surface area contributed by atoms with E-state index in [2.05, 4.69) is 63.6 Å². The minimum Gasteiger partial charge on any atom is -0.354 e. The van der Waals surface area contributed by atoms with E-state index in [1.807, 2.05) is 6.07 Å². The highest BCUT2D eigenvalue weighted by atomic mass is 15.4. The van der Waals surface area contributed by atoms with Crippen molar-refractivity contribution in [3.8, 4) is 5.69 Å². The van der Waals surface area contributed by atoms with Gasteiger partial charge in [0.15, 0.2) is 0 Å². The zero-order valence-corrected chi connectivity index (χ0v) is 13.7. The second kappa shape index (κ2) is 6.34. The fourth-order valence-electron chi connectivity index (χ4n) is 3.59. The van der Waals surface area contributed by atoms with Crippen LogP contribution >= 0.6 is 0 Å². The molecule has 2 aromatic rings. The molecule has 1 aromatic heterocycles. The second-order valence-corrected chi connectivity index (χ2v) is 6.42. The number of benzene rings is 1. The van der Waals surface area contributed by atoms with E-state index in [0.29, 0.717) is 6.04 Å². The van der Waals surface area contributed by atoms with E-state index in [1.54, 1.807) is 0 Å². The summed E-state index contributed by atoms with van der Waals surface area (Å²) in [6.07, 6.45) is 1.17. The van der Waals surface area contributed by atoms with E-state index in [4.69, 9.17) is 5.10 Å². The van der Waals surface area contributed by atoms with Gasteiger partial charge in [0, 0.05) is 51.4 Å². The molecule has 0 aliphatic carbocycles. The van der Waals surface area contributed by atoms with Crippen LogP contribution in [-0.4, -0.2) is 53.4 Å². The third kappa shape index (κ3) is 2.99. The van der Waals surface area contributed by atoms with Gasteiger partial charge in [-0.2, -0.15) is 5.10 Å². The zero-order valence-electron chi connectivity index (χ0n) is 13.7. The van der Waals surface area contributed by atoms with Crippen molar-refractivity contribution >= 4 is 5.82 Å². The summed E-state index contributed by atoms with van der Waals surface area (Å²) >= 11 is 0. The smallest absolute Gasteiger partial charge is 0.132 e. The van der Waals surface area contributed by atoms with Gasteiger partial charge in [-0.3, -0.25) is 4.90 Å². The summed E-state index contributed by atoms with van der Waals surface area (Å²) in [5.74, 6) is 1.21. The summed E-state index contributed by atoms with van der Waals surface area (Å²) in [4.78, 5) is 5.08. The molecular weight excluding hydrogens is 286 g/mol. The Morgan fingerprint density at radius 3 is 2.57 bits per heavy atom. The van der Waals surface area contributed by atoms with Crippen molar-refractivity contribution < 1.29 is 0 Å². The van der Waals surface area contributed by atoms with Gasteiger partial charge in [-0.15, -0.1) is 0 Å². The van der Waals surface area contributed by atoms with Crippen LogP contribution in [0, 0.1) is 13.5 Å². The topological polar surface area (TPSA) is 36.3 Å². The molecule has 0 saturated carbocycles. The summed E-state index contributed by atoms with van der Waals surface area (Å²) in [5.41, 5.74) is 2.20. The number of para-hydroxylation sites is 1. The molecule has 23 heavy (non-hydrogen) atoms. The summed E-state index contributed by atoms with van der Waals surface area (Å²) in [5, 5.41) is 8.05. The minimum absolute atomic E-state index is 0.679. The molecule has 121 valence electrons. The maximum atomic E-state index is 4.70. The largest absolute Gasteiger partial charge is 0.354 e. The summed E-state index contributed by atoms with van der Waals surface area (Å²) < 4.78 is 2.08. The van der Waals surface area contributed by atoms with Crippen LogP contribution < -0.4 is 10.2 Å². The van der Waals surface area contributed by atoms with Crippen molar-refractivity contribution in [1.82, 2.24) is 20.0 Å². The monoisotopic (exact) mass is 310 g/mol. The zero-order chi connectivity index (χ0) is 15.6. The third-order valence-corrected chi connectivity index (χ3v) is 4.86. The molecule has 5 heteroatoms. The number of hydrogen-bond acceptors (Lipinski definition) is 4. The molecule has 2 aliphatic rings. The van der Waals surface area contributed by atoms with Crippen molar-refractivity contribution in [1.29, 1.82) is 0 Å². The van der Waals surface area contributed by atoms with Crippen molar-refractivity contribution in [2.45, 2.75) is 19.4 Å². The first-order valence-electron chi connectivity index (χ1n) is 8.47. The van der Waals surface area contributed by atoms with E-state index >= 15 is 0 Å². The average Bonchev–Trinajstić information content (AvgIpc) is 3.25. The number of nitrogens with zero attached hydrogens (tertiary/aromatic N) is 4. The van der Waals surface area contributed by atoms with Crippen LogP contribution in [0.15, 0.2) is 36.4 Å². The Morgan fingerprint density at radius 2 is 1.87 bits per heavy atom. The fourth-order valence-corrected chi connectivity index (χ4v) is 3.59. The third-order valence-electron chi connectivity index (χ3n) is 4.86. The molecule has 0 unspecified atom stereocenters. The molecule has 1 atom stereocenters. The summed E-state index contributed by atoms with van der Waals surface area (Å²) in [6.45, 7) is 9.74. The summed E-state index contributed by atoms with van der Waals surface area (Å²) in [7, 11) is 0. The molecule has 2 aliphatic heterocycles. The van der Waals surface area contributed by atoms with Gasteiger partial charge in [-0.25, -0.2) is 4.68 Å². The molecule has 2 fully saturated rings. The molecule has 0 bridgehead atoms. The van der Waals surface area contributed by atoms with E-state index < -0.39 is 0 Å². The van der Waals surface area contributed by atoms with Crippen molar-refractivity contribution in [2.24, 2.45) is 0 Å². The lowest BCUT2D eigenvalue weighted by molar-refractivity contribution is 0.197. The van der Waals surface area contributed by atoms with E-state index in [9.17, 15) is 0 Å². The molecule has 2 saturated heterocycles. The number of nitrogens with one attached hydrogen (secondary N) is 1. The van der Waals surface area contributed by atoms with Gasteiger partial charge in [0.2, 0.25) is 0 Å². The number of aromatic nitrogens is 2. The Hall–Kier alpha value is -1.85. The second-order valence-electron chi connectivity index (χ2n) is 6.42. The Labute approximate surface area is 137 Å². The fraction of sp³-hybridized carbons (Fsp3) is 0.444. The number of aryl methyl sites for hydroxylation is 1. The molecule has 1 N–H and O–H groups in total. The van der Waals surface area contributed by atoms with Crippen LogP contribution in [0.3, 0.4) is 0 Å². The SMILES string of the molecule is Cc1cc(N2CCN([C@H]3C[CH]NC3)CC2)n(-c2ccccc2)n1. The van der Waals surface area contributed by atoms with Crippen LogP contribution in [0.2, 0.25) is 0 Å². The number of anilines is 1. The quantitative estimate of drug-likeness (QED) is 0.938. The van der Waals surface area contributed by atoms with Gasteiger partial charge in [0.25, 0.3) is 0 Å². The Balaban J connectivity index is 1.51. The molecule has 5 nitrogen and oxygen atoms in total. The Kier molecular flexibility index (Phi) is 4.06. The lowest BCUT2D eigenvalue weighted by Crippen LogP contribution is -2.51. The first-order chi connectivity index (χ1) is 11.3. The molecule has 0 amide bonds. The molecule has 1 radical (unpaired) electrons. The highest BCUT2D eigenvalue weighted by molar-refractivity contribution is 5.48. The van der Waals surface area contributed by atoms with Gasteiger partial charge >= 0.3 is 0 Å². The Bertz CT molecular complexity index is 637. The molecular formula is C18H24N5. The highest BCUT2D eigenvalue weighted by Crippen LogP contribution is 2.23. The standard InChI is InChI=1S/C18H24N5/c1-15-13-18(23(20-15)16-5-3-2-4-6-16)22-11-9-21(10-12-22)17-7-8-19-14-17/h2-6,8,13,17,19H,7,9-12,14H2,1H3/t17-/m0/s1. The number of rotatable bonds is 3. The summed E-state index contributed by atoms with van der Waals surface area (Å²) in [6, 6.07) is 13.3. The van der Waals surface area contributed by atoms with Crippen molar-refractivity contribution in [3.05, 3.63) is 48.6 Å². The van der Waals surface area contributed by atoms with E-state index in [-0.39, 0.29) is 0 Å². The van der Waals surface area contributed by atoms with Gasteiger partial charge in [0.1, 0.15) is 5.82 Å². The average molecular weight is 310 g/mol. The normalized spacial score (nSPS) is 22.7.